The van der Waals surface area contributed by atoms with Crippen LogP contribution in [0.25, 0.3) is 0 Å². The van der Waals surface area contributed by atoms with Crippen molar-refractivity contribution >= 4 is 37.1 Å². The van der Waals surface area contributed by atoms with Crippen molar-refractivity contribution in [2.24, 2.45) is 0 Å². The Morgan fingerprint density at radius 2 is 1.82 bits per heavy atom. The molecule has 0 saturated carbocycles. The number of rotatable bonds is 6. The average Bonchev–Trinajstić information content (AvgIpc) is 2.91. The first kappa shape index (κ1) is 20.2. The summed E-state index contributed by atoms with van der Waals surface area (Å²) in [6.45, 7) is 1.96. The minimum atomic E-state index is -3.31. The van der Waals surface area contributed by atoms with Crippen molar-refractivity contribution in [1.29, 1.82) is 4.78 Å². The number of benzene rings is 1. The summed E-state index contributed by atoms with van der Waals surface area (Å²) in [5.74, 6) is 0.175. The van der Waals surface area contributed by atoms with Gasteiger partial charge in [-0.1, -0.05) is 19.1 Å². The second-order valence-electron chi connectivity index (χ2n) is 6.65. The molecule has 11 heteroatoms. The number of hydrogen-bond acceptors (Lipinski definition) is 8. The fraction of sp³-hybridized carbons (Fsp3) is 0.353. The summed E-state index contributed by atoms with van der Waals surface area (Å²) >= 11 is 0. The van der Waals surface area contributed by atoms with E-state index in [9.17, 15) is 17.4 Å². The fourth-order valence-electron chi connectivity index (χ4n) is 2.94. The van der Waals surface area contributed by atoms with Crippen molar-refractivity contribution < 1.29 is 17.4 Å². The maximum Gasteiger partial charge on any atom is 0.233 e. The molecular weight excluding hydrogens is 402 g/mol. The quantitative estimate of drug-likeness (QED) is 0.667. The van der Waals surface area contributed by atoms with Crippen molar-refractivity contribution in [1.82, 2.24) is 9.97 Å². The third kappa shape index (κ3) is 3.85. The van der Waals surface area contributed by atoms with E-state index < -0.39 is 19.6 Å². The summed E-state index contributed by atoms with van der Waals surface area (Å²) in [6.07, 6.45) is 1.67. The largest absolute Gasteiger partial charge is 0.383 e. The summed E-state index contributed by atoms with van der Waals surface area (Å²) in [7, 11) is -6.51. The maximum atomic E-state index is 12.5. The SMILES string of the molecule is CCCS(=N)(=O)c1nc(N)c2c(n1)N(Cc1ccc(S(C)(=O)=O)cc1)C(=O)C2. The molecule has 0 spiro atoms. The van der Waals surface area contributed by atoms with Gasteiger partial charge in [0.2, 0.25) is 11.1 Å². The number of fused-ring (bicyclic) bond motifs is 1. The average molecular weight is 424 g/mol. The van der Waals surface area contributed by atoms with Crippen LogP contribution in [0.1, 0.15) is 24.5 Å². The molecule has 1 aliphatic rings. The second-order valence-corrected chi connectivity index (χ2v) is 10.8. The minimum Gasteiger partial charge on any atom is -0.383 e. The Hall–Kier alpha value is -2.53. The molecular formula is C17H21N5O4S2. The molecule has 0 bridgehead atoms. The highest BCUT2D eigenvalue weighted by Crippen LogP contribution is 2.32. The second kappa shape index (κ2) is 7.13. The summed E-state index contributed by atoms with van der Waals surface area (Å²) in [5, 5.41) is -0.169. The highest BCUT2D eigenvalue weighted by atomic mass is 32.2. The van der Waals surface area contributed by atoms with Gasteiger partial charge in [-0.2, -0.15) is 0 Å². The van der Waals surface area contributed by atoms with Crippen LogP contribution in [0.2, 0.25) is 0 Å². The third-order valence-corrected chi connectivity index (χ3v) is 7.24. The van der Waals surface area contributed by atoms with E-state index in [1.165, 1.54) is 17.0 Å². The van der Waals surface area contributed by atoms with Gasteiger partial charge < -0.3 is 5.73 Å². The van der Waals surface area contributed by atoms with E-state index in [4.69, 9.17) is 10.5 Å². The van der Waals surface area contributed by atoms with E-state index in [2.05, 4.69) is 9.97 Å². The van der Waals surface area contributed by atoms with Crippen molar-refractivity contribution in [2.45, 2.75) is 36.4 Å². The topological polar surface area (TPSA) is 147 Å². The van der Waals surface area contributed by atoms with E-state index in [0.29, 0.717) is 17.5 Å². The molecule has 0 aliphatic carbocycles. The lowest BCUT2D eigenvalue weighted by Crippen LogP contribution is -2.27. The van der Waals surface area contributed by atoms with Crippen LogP contribution in [0.15, 0.2) is 34.3 Å². The van der Waals surface area contributed by atoms with Crippen LogP contribution in [0.5, 0.6) is 0 Å². The fourth-order valence-corrected chi connectivity index (χ4v) is 4.81. The lowest BCUT2D eigenvalue weighted by molar-refractivity contribution is -0.117. The van der Waals surface area contributed by atoms with Gasteiger partial charge in [-0.25, -0.2) is 27.4 Å². The molecule has 1 amide bonds. The Bertz CT molecular complexity index is 1140. The van der Waals surface area contributed by atoms with Crippen molar-refractivity contribution in [3.8, 4) is 0 Å². The lowest BCUT2D eigenvalue weighted by Gasteiger charge is -2.18. The van der Waals surface area contributed by atoms with Crippen molar-refractivity contribution in [3.05, 3.63) is 35.4 Å². The molecule has 3 rings (SSSR count). The maximum absolute atomic E-state index is 12.5. The Morgan fingerprint density at radius 3 is 2.39 bits per heavy atom. The Labute approximate surface area is 163 Å². The number of carbonyl (C=O) groups excluding carboxylic acids is 1. The Kier molecular flexibility index (Phi) is 5.15. The highest BCUT2D eigenvalue weighted by Gasteiger charge is 2.33. The zero-order valence-corrected chi connectivity index (χ0v) is 17.1. The van der Waals surface area contributed by atoms with Crippen LogP contribution in [-0.4, -0.2) is 40.5 Å². The van der Waals surface area contributed by atoms with Crippen molar-refractivity contribution in [3.63, 3.8) is 0 Å². The third-order valence-electron chi connectivity index (χ3n) is 4.36. The van der Waals surface area contributed by atoms with E-state index in [0.717, 1.165) is 6.26 Å². The van der Waals surface area contributed by atoms with Crippen LogP contribution < -0.4 is 10.6 Å². The van der Waals surface area contributed by atoms with Crippen LogP contribution in [0, 0.1) is 4.78 Å². The first-order valence-corrected chi connectivity index (χ1v) is 12.2. The summed E-state index contributed by atoms with van der Waals surface area (Å²) in [5.41, 5.74) is 7.10. The number of nitrogens with one attached hydrogen (secondary N) is 1. The molecule has 0 fully saturated rings. The van der Waals surface area contributed by atoms with E-state index in [1.807, 2.05) is 0 Å². The van der Waals surface area contributed by atoms with Crippen LogP contribution >= 0.6 is 0 Å². The molecule has 1 aromatic carbocycles. The number of aromatic nitrogens is 2. The van der Waals surface area contributed by atoms with Gasteiger partial charge in [0.25, 0.3) is 0 Å². The first-order valence-electron chi connectivity index (χ1n) is 8.55. The molecule has 1 atom stereocenters. The molecule has 150 valence electrons. The highest BCUT2D eigenvalue weighted by molar-refractivity contribution is 7.92. The first-order chi connectivity index (χ1) is 13.0. The van der Waals surface area contributed by atoms with Gasteiger partial charge >= 0.3 is 0 Å². The molecule has 9 nitrogen and oxygen atoms in total. The molecule has 2 aromatic rings. The lowest BCUT2D eigenvalue weighted by atomic mass is 10.2. The standard InChI is InChI=1S/C17H21N5O4S2/c1-3-8-28(19,26)17-20-15(18)13-9-14(23)22(16(13)21-17)10-11-4-6-12(7-5-11)27(2,24)25/h4-7,19H,3,8-10H2,1-2H3,(H2,18,20,21). The van der Waals surface area contributed by atoms with Gasteiger partial charge in [0.15, 0.2) is 9.84 Å². The van der Waals surface area contributed by atoms with Gasteiger partial charge in [-0.15, -0.1) is 0 Å². The molecule has 1 aromatic heterocycles. The molecule has 0 radical (unpaired) electrons. The summed E-state index contributed by atoms with van der Waals surface area (Å²) in [6, 6.07) is 6.20. The monoisotopic (exact) mass is 423 g/mol. The smallest absolute Gasteiger partial charge is 0.233 e. The normalized spacial score (nSPS) is 16.1. The predicted molar refractivity (Wildman–Crippen MR) is 105 cm³/mol. The summed E-state index contributed by atoms with van der Waals surface area (Å²) in [4.78, 5) is 22.3. The zero-order chi connectivity index (χ0) is 20.7. The minimum absolute atomic E-state index is 0.0236. The van der Waals surface area contributed by atoms with Crippen LogP contribution in [-0.2, 0) is 37.3 Å². The number of amides is 1. The van der Waals surface area contributed by atoms with Crippen molar-refractivity contribution in [2.75, 3.05) is 22.6 Å². The number of nitrogens with zero attached hydrogens (tertiary/aromatic N) is 3. The summed E-state index contributed by atoms with van der Waals surface area (Å²) < 4.78 is 43.7. The number of anilines is 2. The number of sulfone groups is 1. The van der Waals surface area contributed by atoms with E-state index >= 15 is 0 Å². The van der Waals surface area contributed by atoms with Gasteiger partial charge in [0.1, 0.15) is 21.4 Å². The number of nitrogens with two attached hydrogens (primary N) is 1. The van der Waals surface area contributed by atoms with E-state index in [1.54, 1.807) is 19.1 Å². The molecule has 3 N–H and O–H groups in total. The van der Waals surface area contributed by atoms with E-state index in [-0.39, 0.29) is 46.3 Å². The molecule has 0 saturated heterocycles. The zero-order valence-electron chi connectivity index (χ0n) is 15.5. The predicted octanol–water partition coefficient (Wildman–Crippen LogP) is 1.37. The number of carbonyl (C=O) groups is 1. The van der Waals surface area contributed by atoms with Gasteiger partial charge in [0.05, 0.1) is 17.9 Å². The molecule has 1 unspecified atom stereocenters. The van der Waals surface area contributed by atoms with Crippen LogP contribution in [0.4, 0.5) is 11.6 Å². The number of nitrogen functional groups attached to an aromatic ring is 1. The molecule has 28 heavy (non-hydrogen) atoms. The van der Waals surface area contributed by atoms with Gasteiger partial charge in [-0.3, -0.25) is 9.69 Å². The number of hydrogen-bond donors (Lipinski definition) is 2. The van der Waals surface area contributed by atoms with Gasteiger partial charge in [-0.05, 0) is 24.1 Å². The Morgan fingerprint density at radius 1 is 1.18 bits per heavy atom. The molecule has 2 heterocycles. The molecule has 1 aliphatic heterocycles. The van der Waals surface area contributed by atoms with Crippen LogP contribution in [0.3, 0.4) is 0 Å². The Balaban J connectivity index is 1.97. The van der Waals surface area contributed by atoms with Gasteiger partial charge in [0, 0.05) is 17.6 Å².